The van der Waals surface area contributed by atoms with E-state index in [9.17, 15) is 14.9 Å². The first-order valence-electron chi connectivity index (χ1n) is 7.92. The zero-order valence-electron chi connectivity index (χ0n) is 13.6. The van der Waals surface area contributed by atoms with Gasteiger partial charge in [-0.25, -0.2) is 0 Å². The minimum absolute atomic E-state index is 0.0453. The van der Waals surface area contributed by atoms with E-state index >= 15 is 0 Å². The molecule has 1 aliphatic heterocycles. The fourth-order valence-corrected chi connectivity index (χ4v) is 2.73. The van der Waals surface area contributed by atoms with Crippen LogP contribution in [0.4, 0.5) is 5.69 Å². The van der Waals surface area contributed by atoms with Crippen molar-refractivity contribution in [2.45, 2.75) is 32.2 Å². The van der Waals surface area contributed by atoms with Crippen molar-refractivity contribution in [3.05, 3.63) is 51.6 Å². The fraction of sp³-hybridized carbons (Fsp3) is 0.471. The van der Waals surface area contributed by atoms with Crippen molar-refractivity contribution in [2.75, 3.05) is 20.1 Å². The number of nitro benzene ring substituents is 1. The third-order valence-corrected chi connectivity index (χ3v) is 4.17. The summed E-state index contributed by atoms with van der Waals surface area (Å²) < 4.78 is 0. The summed E-state index contributed by atoms with van der Waals surface area (Å²) in [6, 6.07) is 6.22. The highest BCUT2D eigenvalue weighted by Crippen LogP contribution is 2.22. The Balaban J connectivity index is 2.04. The van der Waals surface area contributed by atoms with Gasteiger partial charge >= 0.3 is 0 Å². The molecule has 0 spiro atoms. The number of nitro groups is 1. The molecule has 1 amide bonds. The van der Waals surface area contributed by atoms with Crippen molar-refractivity contribution >= 4 is 11.6 Å². The van der Waals surface area contributed by atoms with Crippen LogP contribution in [0.25, 0.3) is 0 Å². The Labute approximate surface area is 136 Å². The van der Waals surface area contributed by atoms with Crippen molar-refractivity contribution in [1.29, 1.82) is 0 Å². The number of carbonyl (C=O) groups excluding carboxylic acids is 1. The lowest BCUT2D eigenvalue weighted by molar-refractivity contribution is -0.384. The van der Waals surface area contributed by atoms with E-state index in [0.717, 1.165) is 37.1 Å². The monoisotopic (exact) mass is 317 g/mol. The lowest BCUT2D eigenvalue weighted by Gasteiger charge is -2.24. The predicted octanol–water partition coefficient (Wildman–Crippen LogP) is 2.81. The molecule has 1 aromatic carbocycles. The van der Waals surface area contributed by atoms with E-state index in [4.69, 9.17) is 0 Å². The molecule has 0 saturated carbocycles. The molecular formula is C17H23N3O3. The molecule has 0 bridgehead atoms. The first-order valence-corrected chi connectivity index (χ1v) is 7.92. The summed E-state index contributed by atoms with van der Waals surface area (Å²) in [6.45, 7) is 3.90. The Kier molecular flexibility index (Phi) is 5.87. The van der Waals surface area contributed by atoms with Gasteiger partial charge in [-0.1, -0.05) is 24.6 Å². The number of benzene rings is 1. The van der Waals surface area contributed by atoms with E-state index in [0.29, 0.717) is 6.42 Å². The van der Waals surface area contributed by atoms with Crippen molar-refractivity contribution in [1.82, 2.24) is 10.2 Å². The summed E-state index contributed by atoms with van der Waals surface area (Å²) in [5.74, 6) is -0.122. The van der Waals surface area contributed by atoms with Crippen molar-refractivity contribution < 1.29 is 9.72 Å². The minimum atomic E-state index is -0.418. The fourth-order valence-electron chi connectivity index (χ4n) is 2.73. The molecule has 1 aromatic rings. The number of hydrogen-bond acceptors (Lipinski definition) is 4. The van der Waals surface area contributed by atoms with Gasteiger partial charge in [0, 0.05) is 31.3 Å². The Morgan fingerprint density at radius 1 is 1.43 bits per heavy atom. The van der Waals surface area contributed by atoms with Gasteiger partial charge in [-0.2, -0.15) is 0 Å². The average Bonchev–Trinajstić information content (AvgIpc) is 2.55. The van der Waals surface area contributed by atoms with Crippen LogP contribution in [-0.4, -0.2) is 35.9 Å². The highest BCUT2D eigenvalue weighted by molar-refractivity contribution is 5.88. The Bertz CT molecular complexity index is 603. The molecule has 0 aromatic heterocycles. The average molecular weight is 317 g/mol. The molecule has 23 heavy (non-hydrogen) atoms. The van der Waals surface area contributed by atoms with E-state index in [1.807, 2.05) is 13.0 Å². The molecule has 1 aliphatic rings. The number of piperidine rings is 1. The van der Waals surface area contributed by atoms with Crippen LogP contribution in [0.3, 0.4) is 0 Å². The summed E-state index contributed by atoms with van der Waals surface area (Å²) in [7, 11) is 2.08. The van der Waals surface area contributed by atoms with Crippen LogP contribution in [-0.2, 0) is 4.79 Å². The summed E-state index contributed by atoms with van der Waals surface area (Å²) in [6.07, 6.45) is 4.20. The SMILES string of the molecule is CC[C@@H](NC(=O)C=C1CCN(C)CC1)c1cccc([N+](=O)[O-])c1. The smallest absolute Gasteiger partial charge is 0.269 e. The minimum Gasteiger partial charge on any atom is -0.346 e. The number of nitrogens with zero attached hydrogens (tertiary/aromatic N) is 2. The van der Waals surface area contributed by atoms with Gasteiger partial charge in [-0.05, 0) is 31.9 Å². The first kappa shape index (κ1) is 17.1. The molecule has 0 aliphatic carbocycles. The Morgan fingerprint density at radius 2 is 2.13 bits per heavy atom. The van der Waals surface area contributed by atoms with Crippen molar-refractivity contribution in [3.63, 3.8) is 0 Å². The van der Waals surface area contributed by atoms with Gasteiger partial charge in [-0.3, -0.25) is 14.9 Å². The molecule has 6 nitrogen and oxygen atoms in total. The normalized spacial score (nSPS) is 16.7. The number of hydrogen-bond donors (Lipinski definition) is 1. The zero-order chi connectivity index (χ0) is 16.8. The Morgan fingerprint density at radius 3 is 2.74 bits per heavy atom. The number of likely N-dealkylation sites (tertiary alicyclic amines) is 1. The second-order valence-corrected chi connectivity index (χ2v) is 5.93. The number of non-ortho nitro benzene ring substituents is 1. The summed E-state index contributed by atoms with van der Waals surface area (Å²) in [4.78, 5) is 24.9. The lowest BCUT2D eigenvalue weighted by Crippen LogP contribution is -2.29. The molecule has 0 radical (unpaired) electrons. The van der Waals surface area contributed by atoms with Gasteiger partial charge in [0.15, 0.2) is 0 Å². The molecular weight excluding hydrogens is 294 g/mol. The van der Waals surface area contributed by atoms with Crippen LogP contribution < -0.4 is 5.32 Å². The number of rotatable bonds is 5. The van der Waals surface area contributed by atoms with Crippen LogP contribution >= 0.6 is 0 Å². The van der Waals surface area contributed by atoms with Crippen molar-refractivity contribution in [2.24, 2.45) is 0 Å². The van der Waals surface area contributed by atoms with Gasteiger partial charge in [0.25, 0.3) is 5.69 Å². The van der Waals surface area contributed by atoms with E-state index in [1.165, 1.54) is 12.1 Å². The quantitative estimate of drug-likeness (QED) is 0.515. The largest absolute Gasteiger partial charge is 0.346 e. The molecule has 0 unspecified atom stereocenters. The van der Waals surface area contributed by atoms with Gasteiger partial charge in [0.1, 0.15) is 0 Å². The number of nitrogens with one attached hydrogen (secondary N) is 1. The van der Waals surface area contributed by atoms with Crippen LogP contribution in [0.2, 0.25) is 0 Å². The lowest BCUT2D eigenvalue weighted by atomic mass is 10.0. The third kappa shape index (κ3) is 4.89. The van der Waals surface area contributed by atoms with E-state index < -0.39 is 4.92 Å². The van der Waals surface area contributed by atoms with Crippen LogP contribution in [0.5, 0.6) is 0 Å². The molecule has 124 valence electrons. The third-order valence-electron chi connectivity index (χ3n) is 4.17. The maximum atomic E-state index is 12.2. The van der Waals surface area contributed by atoms with Crippen LogP contribution in [0, 0.1) is 10.1 Å². The number of amides is 1. The summed E-state index contributed by atoms with van der Waals surface area (Å²) in [5.41, 5.74) is 1.97. The second kappa shape index (κ2) is 7.87. The zero-order valence-corrected chi connectivity index (χ0v) is 13.6. The maximum absolute atomic E-state index is 12.2. The van der Waals surface area contributed by atoms with Crippen molar-refractivity contribution in [3.8, 4) is 0 Å². The predicted molar refractivity (Wildman–Crippen MR) is 89.1 cm³/mol. The van der Waals surface area contributed by atoms with Crippen LogP contribution in [0.1, 0.15) is 37.8 Å². The summed E-state index contributed by atoms with van der Waals surface area (Å²) >= 11 is 0. The van der Waals surface area contributed by atoms with Gasteiger partial charge in [0.2, 0.25) is 5.91 Å². The molecule has 1 fully saturated rings. The molecule has 1 heterocycles. The molecule has 1 atom stereocenters. The van der Waals surface area contributed by atoms with E-state index in [-0.39, 0.29) is 17.6 Å². The Hall–Kier alpha value is -2.21. The molecule has 1 N–H and O–H groups in total. The van der Waals surface area contributed by atoms with E-state index in [2.05, 4.69) is 17.3 Å². The summed E-state index contributed by atoms with van der Waals surface area (Å²) in [5, 5.41) is 13.8. The topological polar surface area (TPSA) is 75.5 Å². The van der Waals surface area contributed by atoms with Crippen LogP contribution in [0.15, 0.2) is 35.9 Å². The van der Waals surface area contributed by atoms with Gasteiger partial charge in [0.05, 0.1) is 11.0 Å². The molecule has 1 saturated heterocycles. The maximum Gasteiger partial charge on any atom is 0.269 e. The standard InChI is InChI=1S/C17H23N3O3/c1-3-16(14-5-4-6-15(12-14)20(22)23)18-17(21)11-13-7-9-19(2)10-8-13/h4-6,11-12,16H,3,7-10H2,1-2H3,(H,18,21)/t16-/m1/s1. The molecule has 2 rings (SSSR count). The second-order valence-electron chi connectivity index (χ2n) is 5.93. The highest BCUT2D eigenvalue weighted by Gasteiger charge is 2.16. The number of carbonyl (C=O) groups is 1. The highest BCUT2D eigenvalue weighted by atomic mass is 16.6. The van der Waals surface area contributed by atoms with E-state index in [1.54, 1.807) is 12.1 Å². The van der Waals surface area contributed by atoms with Gasteiger partial charge < -0.3 is 10.2 Å². The van der Waals surface area contributed by atoms with Gasteiger partial charge in [-0.15, -0.1) is 0 Å². The molecule has 6 heteroatoms. The first-order chi connectivity index (χ1) is 11.0.